The van der Waals surface area contributed by atoms with Crippen molar-refractivity contribution in [2.75, 3.05) is 0 Å². The summed E-state index contributed by atoms with van der Waals surface area (Å²) in [5, 5.41) is 13.0. The van der Waals surface area contributed by atoms with E-state index in [4.69, 9.17) is 27.9 Å². The van der Waals surface area contributed by atoms with Crippen LogP contribution in [0, 0.1) is 6.92 Å². The molecule has 0 saturated heterocycles. The smallest absolute Gasteiger partial charge is 0.144 e. The molecule has 0 aliphatic heterocycles. The van der Waals surface area contributed by atoms with Crippen LogP contribution in [0.4, 0.5) is 0 Å². The minimum absolute atomic E-state index is 0.175. The fourth-order valence-corrected chi connectivity index (χ4v) is 2.70. The minimum Gasteiger partial charge on any atom is -0.485 e. The third-order valence-electron chi connectivity index (χ3n) is 2.29. The van der Waals surface area contributed by atoms with Gasteiger partial charge < -0.3 is 9.84 Å². The zero-order valence-corrected chi connectivity index (χ0v) is 11.9. The van der Waals surface area contributed by atoms with Crippen LogP contribution in [-0.4, -0.2) is 10.1 Å². The van der Waals surface area contributed by atoms with E-state index < -0.39 is 0 Å². The number of aliphatic hydroxyl groups excluding tert-OH is 1. The molecule has 1 heterocycles. The lowest BCUT2D eigenvalue weighted by atomic mass is 10.2. The lowest BCUT2D eigenvalue weighted by Gasteiger charge is -2.11. The standard InChI is InChI=1S/C12H11Cl2NO2S/c1-7-15-10(6-18-7)5-17-12-8(4-16)2-9(13)3-11(12)14/h2-3,6,16H,4-5H2,1H3. The van der Waals surface area contributed by atoms with Crippen molar-refractivity contribution in [1.29, 1.82) is 0 Å². The van der Waals surface area contributed by atoms with E-state index in [1.165, 1.54) is 0 Å². The SMILES string of the molecule is Cc1nc(COc2c(Cl)cc(Cl)cc2CO)cs1. The van der Waals surface area contributed by atoms with Crippen LogP contribution in [0.5, 0.6) is 5.75 Å². The first kappa shape index (κ1) is 13.6. The summed E-state index contributed by atoms with van der Waals surface area (Å²) in [5.74, 6) is 0.453. The summed E-state index contributed by atoms with van der Waals surface area (Å²) in [6.07, 6.45) is 0. The molecule has 0 unspecified atom stereocenters. The quantitative estimate of drug-likeness (QED) is 0.933. The fraction of sp³-hybridized carbons (Fsp3) is 0.250. The van der Waals surface area contributed by atoms with E-state index in [1.54, 1.807) is 23.5 Å². The summed E-state index contributed by atoms with van der Waals surface area (Å²) < 4.78 is 5.61. The molecule has 0 saturated carbocycles. The van der Waals surface area contributed by atoms with Crippen molar-refractivity contribution in [2.24, 2.45) is 0 Å². The van der Waals surface area contributed by atoms with Crippen molar-refractivity contribution in [3.63, 3.8) is 0 Å². The molecular weight excluding hydrogens is 293 g/mol. The van der Waals surface area contributed by atoms with E-state index in [-0.39, 0.29) is 6.61 Å². The second-order valence-electron chi connectivity index (χ2n) is 3.68. The number of halogens is 2. The molecule has 0 amide bonds. The molecule has 0 spiro atoms. The topological polar surface area (TPSA) is 42.4 Å². The lowest BCUT2D eigenvalue weighted by Crippen LogP contribution is -2.00. The van der Waals surface area contributed by atoms with Crippen molar-refractivity contribution in [2.45, 2.75) is 20.1 Å². The van der Waals surface area contributed by atoms with Gasteiger partial charge in [0.05, 0.1) is 22.3 Å². The average Bonchev–Trinajstić information content (AvgIpc) is 2.73. The van der Waals surface area contributed by atoms with E-state index >= 15 is 0 Å². The van der Waals surface area contributed by atoms with Gasteiger partial charge in [-0.3, -0.25) is 0 Å². The predicted octanol–water partition coefficient (Wildman–Crippen LogP) is 3.83. The summed E-state index contributed by atoms with van der Waals surface area (Å²) in [7, 11) is 0. The highest BCUT2D eigenvalue weighted by atomic mass is 35.5. The van der Waals surface area contributed by atoms with Crippen molar-refractivity contribution >= 4 is 34.5 Å². The molecule has 2 aromatic rings. The Morgan fingerprint density at radius 3 is 2.78 bits per heavy atom. The summed E-state index contributed by atoms with van der Waals surface area (Å²) in [5.41, 5.74) is 1.41. The Labute approximate surface area is 119 Å². The van der Waals surface area contributed by atoms with Gasteiger partial charge in [-0.05, 0) is 19.1 Å². The van der Waals surface area contributed by atoms with Gasteiger partial charge in [-0.15, -0.1) is 11.3 Å². The number of hydrogen-bond donors (Lipinski definition) is 1. The molecule has 96 valence electrons. The number of aromatic nitrogens is 1. The lowest BCUT2D eigenvalue weighted by molar-refractivity contribution is 0.258. The van der Waals surface area contributed by atoms with Crippen LogP contribution in [-0.2, 0) is 13.2 Å². The highest BCUT2D eigenvalue weighted by Gasteiger charge is 2.11. The molecule has 0 aliphatic rings. The molecule has 1 N–H and O–H groups in total. The van der Waals surface area contributed by atoms with Gasteiger partial charge in [-0.2, -0.15) is 0 Å². The third-order valence-corrected chi connectivity index (χ3v) is 3.61. The summed E-state index contributed by atoms with van der Waals surface area (Å²) in [6, 6.07) is 3.22. The average molecular weight is 304 g/mol. The number of benzene rings is 1. The van der Waals surface area contributed by atoms with E-state index in [1.807, 2.05) is 12.3 Å². The van der Waals surface area contributed by atoms with E-state index in [9.17, 15) is 5.11 Å². The van der Waals surface area contributed by atoms with E-state index in [0.29, 0.717) is 28.0 Å². The van der Waals surface area contributed by atoms with Crippen LogP contribution >= 0.6 is 34.5 Å². The maximum absolute atomic E-state index is 9.26. The number of ether oxygens (including phenoxy) is 1. The maximum atomic E-state index is 9.26. The second-order valence-corrected chi connectivity index (χ2v) is 5.59. The Hall–Kier alpha value is -0.810. The van der Waals surface area contributed by atoms with Gasteiger partial charge in [-0.25, -0.2) is 4.98 Å². The highest BCUT2D eigenvalue weighted by Crippen LogP contribution is 2.33. The van der Waals surface area contributed by atoms with Gasteiger partial charge in [0.15, 0.2) is 0 Å². The molecule has 0 radical (unpaired) electrons. The Morgan fingerprint density at radius 1 is 1.39 bits per heavy atom. The predicted molar refractivity (Wildman–Crippen MR) is 73.6 cm³/mol. The van der Waals surface area contributed by atoms with Gasteiger partial charge in [0.1, 0.15) is 12.4 Å². The number of aliphatic hydroxyl groups is 1. The maximum Gasteiger partial charge on any atom is 0.144 e. The van der Waals surface area contributed by atoms with Gasteiger partial charge in [0, 0.05) is 16.0 Å². The normalized spacial score (nSPS) is 10.7. The Morgan fingerprint density at radius 2 is 2.17 bits per heavy atom. The Balaban J connectivity index is 2.18. The molecule has 0 bridgehead atoms. The van der Waals surface area contributed by atoms with Crippen LogP contribution in [0.25, 0.3) is 0 Å². The van der Waals surface area contributed by atoms with Crippen LogP contribution in [0.1, 0.15) is 16.3 Å². The summed E-state index contributed by atoms with van der Waals surface area (Å²) in [4.78, 5) is 4.29. The molecule has 2 rings (SSSR count). The summed E-state index contributed by atoms with van der Waals surface area (Å²) >= 11 is 13.5. The monoisotopic (exact) mass is 303 g/mol. The molecule has 1 aromatic carbocycles. The molecule has 0 atom stereocenters. The van der Waals surface area contributed by atoms with Crippen molar-refractivity contribution in [3.05, 3.63) is 43.8 Å². The van der Waals surface area contributed by atoms with Crippen LogP contribution in [0.2, 0.25) is 10.0 Å². The van der Waals surface area contributed by atoms with E-state index in [0.717, 1.165) is 10.7 Å². The zero-order valence-electron chi connectivity index (χ0n) is 9.61. The van der Waals surface area contributed by atoms with Gasteiger partial charge in [0.2, 0.25) is 0 Å². The number of rotatable bonds is 4. The van der Waals surface area contributed by atoms with Gasteiger partial charge >= 0.3 is 0 Å². The molecule has 0 aliphatic carbocycles. The minimum atomic E-state index is -0.175. The van der Waals surface area contributed by atoms with Crippen LogP contribution in [0.15, 0.2) is 17.5 Å². The number of thiazole rings is 1. The van der Waals surface area contributed by atoms with Gasteiger partial charge in [0.25, 0.3) is 0 Å². The van der Waals surface area contributed by atoms with Crippen LogP contribution in [0.3, 0.4) is 0 Å². The van der Waals surface area contributed by atoms with Crippen molar-refractivity contribution in [1.82, 2.24) is 4.98 Å². The first-order valence-corrected chi connectivity index (χ1v) is 6.86. The molecule has 3 nitrogen and oxygen atoms in total. The summed E-state index contributed by atoms with van der Waals surface area (Å²) in [6.45, 7) is 2.08. The number of hydrogen-bond acceptors (Lipinski definition) is 4. The number of nitrogens with zero attached hydrogens (tertiary/aromatic N) is 1. The van der Waals surface area contributed by atoms with Crippen LogP contribution < -0.4 is 4.74 Å². The Kier molecular flexibility index (Phi) is 4.45. The first-order valence-electron chi connectivity index (χ1n) is 5.22. The number of aryl methyl sites for hydroxylation is 1. The molecule has 6 heteroatoms. The molecule has 18 heavy (non-hydrogen) atoms. The first-order chi connectivity index (χ1) is 8.60. The molecule has 0 fully saturated rings. The third kappa shape index (κ3) is 3.14. The molecule has 1 aromatic heterocycles. The van der Waals surface area contributed by atoms with Gasteiger partial charge in [-0.1, -0.05) is 23.2 Å². The highest BCUT2D eigenvalue weighted by molar-refractivity contribution is 7.09. The van der Waals surface area contributed by atoms with Crippen molar-refractivity contribution < 1.29 is 9.84 Å². The zero-order chi connectivity index (χ0) is 13.1. The fourth-order valence-electron chi connectivity index (χ4n) is 1.51. The molecular formula is C12H11Cl2NO2S. The van der Waals surface area contributed by atoms with Crippen molar-refractivity contribution in [3.8, 4) is 5.75 Å². The largest absolute Gasteiger partial charge is 0.485 e. The second kappa shape index (κ2) is 5.89. The Bertz CT molecular complexity index is 557. The van der Waals surface area contributed by atoms with E-state index in [2.05, 4.69) is 4.98 Å².